The quantitative estimate of drug-likeness (QED) is 0.879. The van der Waals surface area contributed by atoms with Gasteiger partial charge in [-0.05, 0) is 25.3 Å². The van der Waals surface area contributed by atoms with Gasteiger partial charge in [0.15, 0.2) is 0 Å². The van der Waals surface area contributed by atoms with Gasteiger partial charge in [0.25, 0.3) is 0 Å². The minimum atomic E-state index is 0.205. The fourth-order valence-corrected chi connectivity index (χ4v) is 2.74. The Morgan fingerprint density at radius 3 is 3.00 bits per heavy atom. The second kappa shape index (κ2) is 4.58. The third kappa shape index (κ3) is 1.85. The van der Waals surface area contributed by atoms with Crippen LogP contribution in [0.2, 0.25) is 0 Å². The summed E-state index contributed by atoms with van der Waals surface area (Å²) in [6, 6.07) is 8.52. The Kier molecular flexibility index (Phi) is 2.92. The molecule has 1 N–H and O–H groups in total. The number of imidazole rings is 1. The number of benzene rings is 1. The maximum atomic E-state index is 9.42. The third-order valence-corrected chi connectivity index (χ3v) is 3.77. The zero-order chi connectivity index (χ0) is 12.5. The van der Waals surface area contributed by atoms with E-state index in [0.29, 0.717) is 0 Å². The summed E-state index contributed by atoms with van der Waals surface area (Å²) in [5, 5.41) is 9.42. The van der Waals surface area contributed by atoms with Gasteiger partial charge in [-0.3, -0.25) is 0 Å². The maximum Gasteiger partial charge on any atom is 0.109 e. The molecule has 1 atom stereocenters. The van der Waals surface area contributed by atoms with E-state index < -0.39 is 0 Å². The Labute approximate surface area is 107 Å². The topological polar surface area (TPSA) is 38.0 Å². The standard InChI is InChI=1S/C15H18N2O/c1-11-5-2-3-7-13(11)14-9-17-12(10-18)6-4-8-15(17)16-14/h2-3,5,7,9,12,18H,4,6,8,10H2,1H3. The molecule has 3 rings (SSSR count). The smallest absolute Gasteiger partial charge is 0.109 e. The summed E-state index contributed by atoms with van der Waals surface area (Å²) in [5.41, 5.74) is 3.47. The van der Waals surface area contributed by atoms with Crippen molar-refractivity contribution >= 4 is 0 Å². The van der Waals surface area contributed by atoms with Crippen LogP contribution in [0.25, 0.3) is 11.3 Å². The Bertz CT molecular complexity index is 559. The lowest BCUT2D eigenvalue weighted by Gasteiger charge is -2.22. The van der Waals surface area contributed by atoms with E-state index in [2.05, 4.69) is 29.8 Å². The van der Waals surface area contributed by atoms with E-state index in [-0.39, 0.29) is 12.6 Å². The first-order valence-electron chi connectivity index (χ1n) is 6.54. The second-order valence-electron chi connectivity index (χ2n) is 4.99. The minimum absolute atomic E-state index is 0.205. The van der Waals surface area contributed by atoms with Gasteiger partial charge < -0.3 is 9.67 Å². The summed E-state index contributed by atoms with van der Waals surface area (Å²) in [5.74, 6) is 1.11. The number of aryl methyl sites for hydroxylation is 2. The zero-order valence-corrected chi connectivity index (χ0v) is 10.6. The molecule has 0 aliphatic carbocycles. The lowest BCUT2D eigenvalue weighted by atomic mass is 10.1. The maximum absolute atomic E-state index is 9.42. The zero-order valence-electron chi connectivity index (χ0n) is 10.6. The molecule has 2 heterocycles. The number of hydrogen-bond acceptors (Lipinski definition) is 2. The Hall–Kier alpha value is -1.61. The number of fused-ring (bicyclic) bond motifs is 1. The Morgan fingerprint density at radius 1 is 1.39 bits per heavy atom. The number of nitrogens with zero attached hydrogens (tertiary/aromatic N) is 2. The van der Waals surface area contributed by atoms with E-state index in [1.807, 2.05) is 12.1 Å². The minimum Gasteiger partial charge on any atom is -0.394 e. The van der Waals surface area contributed by atoms with Crippen molar-refractivity contribution in [2.24, 2.45) is 0 Å². The molecule has 0 fully saturated rings. The highest BCUT2D eigenvalue weighted by atomic mass is 16.3. The molecule has 0 amide bonds. The van der Waals surface area contributed by atoms with Crippen LogP contribution in [0.5, 0.6) is 0 Å². The normalized spacial score (nSPS) is 18.7. The number of aliphatic hydroxyl groups excluding tert-OH is 1. The molecule has 1 aromatic heterocycles. The fourth-order valence-electron chi connectivity index (χ4n) is 2.74. The third-order valence-electron chi connectivity index (χ3n) is 3.77. The molecule has 1 unspecified atom stereocenters. The van der Waals surface area contributed by atoms with Gasteiger partial charge in [0.2, 0.25) is 0 Å². The van der Waals surface area contributed by atoms with E-state index >= 15 is 0 Å². The molecular formula is C15H18N2O. The van der Waals surface area contributed by atoms with E-state index in [4.69, 9.17) is 4.98 Å². The lowest BCUT2D eigenvalue weighted by Crippen LogP contribution is -2.20. The van der Waals surface area contributed by atoms with Gasteiger partial charge in [-0.1, -0.05) is 24.3 Å². The lowest BCUT2D eigenvalue weighted by molar-refractivity contribution is 0.206. The Balaban J connectivity index is 2.05. The summed E-state index contributed by atoms with van der Waals surface area (Å²) in [6.45, 7) is 2.31. The highest BCUT2D eigenvalue weighted by molar-refractivity contribution is 5.63. The summed E-state index contributed by atoms with van der Waals surface area (Å²) >= 11 is 0. The second-order valence-corrected chi connectivity index (χ2v) is 4.99. The molecular weight excluding hydrogens is 224 g/mol. The first-order valence-corrected chi connectivity index (χ1v) is 6.54. The average molecular weight is 242 g/mol. The van der Waals surface area contributed by atoms with Gasteiger partial charge in [0.05, 0.1) is 18.3 Å². The van der Waals surface area contributed by atoms with Gasteiger partial charge in [0, 0.05) is 18.2 Å². The highest BCUT2D eigenvalue weighted by Gasteiger charge is 2.21. The van der Waals surface area contributed by atoms with Gasteiger partial charge in [-0.15, -0.1) is 0 Å². The predicted molar refractivity (Wildman–Crippen MR) is 71.5 cm³/mol. The monoisotopic (exact) mass is 242 g/mol. The van der Waals surface area contributed by atoms with Gasteiger partial charge in [-0.2, -0.15) is 0 Å². The van der Waals surface area contributed by atoms with Crippen LogP contribution in [0, 0.1) is 6.92 Å². The van der Waals surface area contributed by atoms with Crippen LogP contribution in [0.1, 0.15) is 30.3 Å². The Morgan fingerprint density at radius 2 is 2.22 bits per heavy atom. The van der Waals surface area contributed by atoms with Gasteiger partial charge in [-0.25, -0.2) is 4.98 Å². The van der Waals surface area contributed by atoms with Crippen LogP contribution in [0.3, 0.4) is 0 Å². The van der Waals surface area contributed by atoms with Gasteiger partial charge in [0.1, 0.15) is 5.82 Å². The van der Waals surface area contributed by atoms with Crippen molar-refractivity contribution in [3.63, 3.8) is 0 Å². The first kappa shape index (κ1) is 11.5. The van der Waals surface area contributed by atoms with Crippen molar-refractivity contribution < 1.29 is 5.11 Å². The van der Waals surface area contributed by atoms with Crippen molar-refractivity contribution in [3.05, 3.63) is 41.9 Å². The molecule has 2 aromatic rings. The number of hydrogen-bond donors (Lipinski definition) is 1. The number of aliphatic hydroxyl groups is 1. The molecule has 0 spiro atoms. The van der Waals surface area contributed by atoms with E-state index in [1.54, 1.807) is 0 Å². The molecule has 0 bridgehead atoms. The molecule has 0 saturated carbocycles. The molecule has 3 nitrogen and oxygen atoms in total. The molecule has 3 heteroatoms. The fraction of sp³-hybridized carbons (Fsp3) is 0.400. The van der Waals surface area contributed by atoms with Crippen LogP contribution < -0.4 is 0 Å². The van der Waals surface area contributed by atoms with Crippen molar-refractivity contribution in [2.75, 3.05) is 6.61 Å². The van der Waals surface area contributed by atoms with E-state index in [1.165, 1.54) is 11.1 Å². The number of rotatable bonds is 2. The molecule has 0 radical (unpaired) electrons. The van der Waals surface area contributed by atoms with Crippen molar-refractivity contribution in [1.29, 1.82) is 0 Å². The molecule has 94 valence electrons. The highest BCUT2D eigenvalue weighted by Crippen LogP contribution is 2.29. The van der Waals surface area contributed by atoms with Crippen LogP contribution in [0.15, 0.2) is 30.5 Å². The first-order chi connectivity index (χ1) is 8.79. The molecule has 1 aromatic carbocycles. The van der Waals surface area contributed by atoms with Crippen molar-refractivity contribution in [3.8, 4) is 11.3 Å². The van der Waals surface area contributed by atoms with Crippen molar-refractivity contribution in [2.45, 2.75) is 32.2 Å². The van der Waals surface area contributed by atoms with E-state index in [0.717, 1.165) is 30.8 Å². The largest absolute Gasteiger partial charge is 0.394 e. The van der Waals surface area contributed by atoms with Crippen LogP contribution >= 0.6 is 0 Å². The molecule has 18 heavy (non-hydrogen) atoms. The van der Waals surface area contributed by atoms with Crippen LogP contribution in [-0.2, 0) is 6.42 Å². The van der Waals surface area contributed by atoms with Crippen LogP contribution in [-0.4, -0.2) is 21.3 Å². The summed E-state index contributed by atoms with van der Waals surface area (Å²) in [7, 11) is 0. The number of aromatic nitrogens is 2. The summed E-state index contributed by atoms with van der Waals surface area (Å²) < 4.78 is 2.16. The average Bonchev–Trinajstić information content (AvgIpc) is 2.82. The SMILES string of the molecule is Cc1ccccc1-c1cn2c(n1)CCCC2CO. The van der Waals surface area contributed by atoms with Crippen molar-refractivity contribution in [1.82, 2.24) is 9.55 Å². The predicted octanol–water partition coefficient (Wildman–Crippen LogP) is 2.73. The molecule has 1 aliphatic heterocycles. The van der Waals surface area contributed by atoms with Gasteiger partial charge >= 0.3 is 0 Å². The summed E-state index contributed by atoms with van der Waals surface area (Å²) in [6.07, 6.45) is 5.28. The molecule has 1 aliphatic rings. The van der Waals surface area contributed by atoms with E-state index in [9.17, 15) is 5.11 Å². The molecule has 0 saturated heterocycles. The summed E-state index contributed by atoms with van der Waals surface area (Å²) in [4.78, 5) is 4.73. The van der Waals surface area contributed by atoms with Crippen LogP contribution in [0.4, 0.5) is 0 Å².